The zero-order chi connectivity index (χ0) is 52.5. The maximum absolute atomic E-state index is 7.59. The number of para-hydroxylation sites is 6. The minimum atomic E-state index is -1.35. The molecule has 9 heterocycles. The summed E-state index contributed by atoms with van der Waals surface area (Å²) in [7, 11) is 0. The molecule has 0 fully saturated rings. The van der Waals surface area contributed by atoms with Gasteiger partial charge in [-0.25, -0.2) is 4.98 Å². The second-order valence-corrected chi connectivity index (χ2v) is 21.1. The van der Waals surface area contributed by atoms with Crippen molar-refractivity contribution < 1.29 is 13.9 Å². The Kier molecular flexibility index (Phi) is 9.75. The lowest BCUT2D eigenvalue weighted by atomic mass is 9.77. The molecule has 0 amide bonds. The highest BCUT2D eigenvalue weighted by Crippen LogP contribution is 2.65. The van der Waals surface area contributed by atoms with Crippen LogP contribution in [0.2, 0.25) is 0 Å². The van der Waals surface area contributed by atoms with Crippen LogP contribution >= 0.6 is 0 Å². The van der Waals surface area contributed by atoms with Crippen molar-refractivity contribution in [2.45, 2.75) is 31.0 Å². The second-order valence-electron chi connectivity index (χ2n) is 21.1. The van der Waals surface area contributed by atoms with Crippen LogP contribution in [0.3, 0.4) is 0 Å². The summed E-state index contributed by atoms with van der Waals surface area (Å²) in [6.45, 7) is 0.637. The van der Waals surface area contributed by atoms with Crippen molar-refractivity contribution in [1.29, 1.82) is 0 Å². The normalized spacial score (nSPS) is 18.2. The molecule has 0 bridgehead atoms. The van der Waals surface area contributed by atoms with Gasteiger partial charge in [-0.1, -0.05) is 133 Å². The predicted octanol–water partition coefficient (Wildman–Crippen LogP) is 15.7. The molecule has 0 spiro atoms. The fourth-order valence-electron chi connectivity index (χ4n) is 13.3. The van der Waals surface area contributed by atoms with Crippen LogP contribution in [0.5, 0.6) is 5.75 Å². The number of allylic oxidation sites excluding steroid dienone is 6. The molecule has 2 atom stereocenters. The molecule has 17 rings (SSSR count). The maximum Gasteiger partial charge on any atom is 0.311 e. The molecule has 1 aliphatic carbocycles. The number of hydrogen-bond donors (Lipinski definition) is 2. The van der Waals surface area contributed by atoms with Gasteiger partial charge in [-0.15, -0.1) is 5.01 Å². The summed E-state index contributed by atoms with van der Waals surface area (Å²) in [6, 6.07) is 65.8. The number of nitrogens with one attached hydrogen (secondary N) is 2. The van der Waals surface area contributed by atoms with E-state index in [2.05, 4.69) is 225 Å². The SMILES string of the molecule is C1=CCC2=CC=C(c3c(C4Cc5ccccc5O4)c(-c4cc5ccccc5o4)c(-c4ccc5ccccc5n4)c4c3C(c3cc5ccccc5[nH]3)(N3CCc5ccccc53)N(c3n[nH]c5ccccc35)[N+]4c3ccccn3)OC2=C1. The van der Waals surface area contributed by atoms with Gasteiger partial charge in [0, 0.05) is 74.3 Å². The van der Waals surface area contributed by atoms with Gasteiger partial charge < -0.3 is 23.8 Å². The Morgan fingerprint density at radius 2 is 1.46 bits per heavy atom. The molecule has 12 aromatic rings. The lowest BCUT2D eigenvalue weighted by molar-refractivity contribution is 0.237. The van der Waals surface area contributed by atoms with Crippen molar-refractivity contribution in [3.05, 3.63) is 269 Å². The molecule has 80 heavy (non-hydrogen) atoms. The Balaban J connectivity index is 1.16. The number of hydrazine groups is 1. The van der Waals surface area contributed by atoms with Crippen molar-refractivity contribution in [3.63, 3.8) is 0 Å². The molecule has 1 radical (unpaired) electrons. The highest BCUT2D eigenvalue weighted by Gasteiger charge is 2.69. The molecular weight excluding hydrogens is 989 g/mol. The summed E-state index contributed by atoms with van der Waals surface area (Å²) in [5.74, 6) is 4.30. The number of aromatic amines is 2. The van der Waals surface area contributed by atoms with Crippen LogP contribution in [0.25, 0.3) is 72.0 Å². The number of aromatic nitrogens is 5. The Hall–Kier alpha value is -10.2. The highest BCUT2D eigenvalue weighted by atomic mass is 16.5. The molecule has 5 aliphatic rings. The molecule has 0 saturated heterocycles. The van der Waals surface area contributed by atoms with Crippen molar-refractivity contribution in [2.24, 2.45) is 0 Å². The Morgan fingerprint density at radius 3 is 2.35 bits per heavy atom. The second kappa shape index (κ2) is 17.4. The first kappa shape index (κ1) is 44.9. The zero-order valence-electron chi connectivity index (χ0n) is 43.2. The molecule has 0 saturated carbocycles. The number of rotatable bonds is 8. The number of H-pyrrole nitrogens is 2. The van der Waals surface area contributed by atoms with Crippen LogP contribution < -0.4 is 19.7 Å². The summed E-state index contributed by atoms with van der Waals surface area (Å²) in [5, 5.41) is 17.7. The van der Waals surface area contributed by atoms with E-state index in [1.165, 1.54) is 5.56 Å². The molecule has 11 heteroatoms. The van der Waals surface area contributed by atoms with E-state index in [1.807, 2.05) is 24.4 Å². The van der Waals surface area contributed by atoms with Gasteiger partial charge in [0.15, 0.2) is 0 Å². The minimum absolute atomic E-state index is 0.555. The monoisotopic (exact) mass is 1040 g/mol. The number of nitrogens with zero attached hydrogens (tertiary/aromatic N) is 6. The fourth-order valence-corrected chi connectivity index (χ4v) is 13.3. The maximum atomic E-state index is 7.59. The number of furan rings is 1. The van der Waals surface area contributed by atoms with E-state index in [-0.39, 0.29) is 0 Å². The van der Waals surface area contributed by atoms with E-state index in [9.17, 15) is 0 Å². The highest BCUT2D eigenvalue weighted by molar-refractivity contribution is 6.05. The summed E-state index contributed by atoms with van der Waals surface area (Å²) >= 11 is 0. The van der Waals surface area contributed by atoms with E-state index in [0.717, 1.165) is 130 Å². The molecule has 4 aliphatic heterocycles. The number of benzene rings is 7. The van der Waals surface area contributed by atoms with Crippen molar-refractivity contribution in [3.8, 4) is 28.3 Å². The van der Waals surface area contributed by atoms with E-state index in [1.54, 1.807) is 0 Å². The van der Waals surface area contributed by atoms with Gasteiger partial charge >= 0.3 is 5.82 Å². The Labute approximate surface area is 459 Å². The third-order valence-corrected chi connectivity index (χ3v) is 16.7. The lowest BCUT2D eigenvalue weighted by Gasteiger charge is -2.44. The van der Waals surface area contributed by atoms with Gasteiger partial charge in [0.1, 0.15) is 34.7 Å². The predicted molar refractivity (Wildman–Crippen MR) is 316 cm³/mol. The smallest absolute Gasteiger partial charge is 0.311 e. The Morgan fingerprint density at radius 1 is 0.662 bits per heavy atom. The van der Waals surface area contributed by atoms with Crippen molar-refractivity contribution in [1.82, 2.24) is 30.2 Å². The Bertz CT molecular complexity index is 4590. The lowest BCUT2D eigenvalue weighted by Crippen LogP contribution is -2.61. The largest absolute Gasteiger partial charge is 0.485 e. The number of ether oxygens (including phenoxy) is 2. The first-order valence-corrected chi connectivity index (χ1v) is 27.3. The molecule has 2 unspecified atom stereocenters. The molecule has 2 N–H and O–H groups in total. The first-order valence-electron chi connectivity index (χ1n) is 27.3. The van der Waals surface area contributed by atoms with E-state index < -0.39 is 11.8 Å². The topological polar surface area (TPSA) is 114 Å². The third-order valence-electron chi connectivity index (χ3n) is 16.7. The third kappa shape index (κ3) is 6.55. The van der Waals surface area contributed by atoms with Gasteiger partial charge in [-0.05, 0) is 114 Å². The van der Waals surface area contributed by atoms with Crippen LogP contribution in [0.4, 0.5) is 23.0 Å². The van der Waals surface area contributed by atoms with Crippen LogP contribution in [0.1, 0.15) is 46.0 Å². The fraction of sp³-hybridized carbons (Fsp3) is 0.0870. The van der Waals surface area contributed by atoms with Gasteiger partial charge in [-0.2, -0.15) is 10.1 Å². The van der Waals surface area contributed by atoms with E-state index in [0.29, 0.717) is 36.1 Å². The van der Waals surface area contributed by atoms with Crippen LogP contribution in [-0.2, 0) is 23.2 Å². The van der Waals surface area contributed by atoms with Gasteiger partial charge in [0.25, 0.3) is 0 Å². The summed E-state index contributed by atoms with van der Waals surface area (Å²) in [4.78, 5) is 17.9. The van der Waals surface area contributed by atoms with Crippen LogP contribution in [-0.4, -0.2) is 31.7 Å². The van der Waals surface area contributed by atoms with Crippen LogP contribution in [0, 0.1) is 0 Å². The van der Waals surface area contributed by atoms with Crippen molar-refractivity contribution >= 4 is 72.4 Å². The van der Waals surface area contributed by atoms with Gasteiger partial charge in [-0.3, -0.25) is 5.10 Å². The molecule has 11 nitrogen and oxygen atoms in total. The zero-order valence-corrected chi connectivity index (χ0v) is 43.2. The number of anilines is 4. The minimum Gasteiger partial charge on any atom is -0.485 e. The molecular formula is C69H48N8O3+. The summed E-state index contributed by atoms with van der Waals surface area (Å²) in [5.41, 5.74) is 13.5. The number of fused-ring (bicyclic) bond motifs is 8. The number of hydrogen-bond acceptors (Lipinski definition) is 9. The van der Waals surface area contributed by atoms with Crippen LogP contribution in [0.15, 0.2) is 240 Å². The van der Waals surface area contributed by atoms with Gasteiger partial charge in [0.05, 0.1) is 33.5 Å². The van der Waals surface area contributed by atoms with E-state index >= 15 is 0 Å². The molecule has 5 aromatic heterocycles. The molecule has 381 valence electrons. The standard InChI is InChI=1S/C69H48N8O3/c1-8-24-49-42(17-1)32-34-52(71-49)62-63(58-39-46-21-5-13-29-55(46)79-58)64(59-40-47-22-6-14-30-56(47)80-59)65(57-35-33-44-19-4-12-28-54(44)78-57)66-67(62)76(61-31-15-16-37-70-61)77(68-48-23-7-10-26-51(48)73-74-68)69(66,60-41-45-20-2-9-25-50(45)72-60)75-38-36-43-18-3-11-27-53(43)75/h1-18,20-35,37,39,41,59,72H,19,36,38,40H2,(H,73,74)/q+1. The van der Waals surface area contributed by atoms with Crippen molar-refractivity contribution in [2.75, 3.05) is 16.5 Å². The molecule has 7 aromatic carbocycles. The number of pyridine rings is 2. The average Bonchev–Trinajstić information content (AvgIpc) is 4.58. The quantitative estimate of drug-likeness (QED) is 0.145. The van der Waals surface area contributed by atoms with Gasteiger partial charge in [0.2, 0.25) is 17.2 Å². The average molecular weight is 1040 g/mol. The van der Waals surface area contributed by atoms with E-state index in [4.69, 9.17) is 29.0 Å². The first-order chi connectivity index (χ1) is 39.7. The summed E-state index contributed by atoms with van der Waals surface area (Å²) in [6.07, 6.45) is 14.2. The summed E-state index contributed by atoms with van der Waals surface area (Å²) < 4.78 is 22.4.